The molecule has 3 rings (SSSR count). The van der Waals surface area contributed by atoms with Gasteiger partial charge < -0.3 is 15.1 Å². The van der Waals surface area contributed by atoms with Crippen LogP contribution in [0.3, 0.4) is 0 Å². The van der Waals surface area contributed by atoms with Gasteiger partial charge in [-0.25, -0.2) is 0 Å². The Bertz CT molecular complexity index is 785. The molecule has 2 saturated heterocycles. The fourth-order valence-electron chi connectivity index (χ4n) is 5.22. The molecule has 2 amide bonds. The molecule has 2 aliphatic heterocycles. The summed E-state index contributed by atoms with van der Waals surface area (Å²) in [5.74, 6) is 1.19. The minimum Gasteiger partial charge on any atom is -0.371 e. The van der Waals surface area contributed by atoms with Crippen LogP contribution in [0.4, 0.5) is 11.4 Å². The van der Waals surface area contributed by atoms with Gasteiger partial charge in [-0.2, -0.15) is 0 Å². The molecule has 5 heteroatoms. The van der Waals surface area contributed by atoms with Crippen molar-refractivity contribution in [3.63, 3.8) is 0 Å². The van der Waals surface area contributed by atoms with Gasteiger partial charge in [0.1, 0.15) is 0 Å². The van der Waals surface area contributed by atoms with Crippen LogP contribution < -0.4 is 10.2 Å². The fraction of sp³-hybridized carbons (Fsp3) is 0.704. The van der Waals surface area contributed by atoms with Gasteiger partial charge in [-0.3, -0.25) is 9.59 Å². The van der Waals surface area contributed by atoms with Gasteiger partial charge in [-0.15, -0.1) is 0 Å². The zero-order chi connectivity index (χ0) is 23.3. The van der Waals surface area contributed by atoms with E-state index in [4.69, 9.17) is 0 Å². The van der Waals surface area contributed by atoms with Gasteiger partial charge in [0.2, 0.25) is 5.91 Å². The molecule has 0 aliphatic carbocycles. The van der Waals surface area contributed by atoms with Crippen LogP contribution >= 0.6 is 0 Å². The minimum absolute atomic E-state index is 0.0256. The average Bonchev–Trinajstić information content (AvgIpc) is 2.73. The number of benzene rings is 1. The smallest absolute Gasteiger partial charge is 0.256 e. The molecular weight excluding hydrogens is 398 g/mol. The van der Waals surface area contributed by atoms with Crippen molar-refractivity contribution in [1.29, 1.82) is 0 Å². The molecule has 0 saturated carbocycles. The topological polar surface area (TPSA) is 52.7 Å². The molecule has 2 fully saturated rings. The van der Waals surface area contributed by atoms with Crippen LogP contribution in [0.5, 0.6) is 0 Å². The number of nitrogens with one attached hydrogen (secondary N) is 1. The maximum Gasteiger partial charge on any atom is 0.256 e. The third-order valence-electron chi connectivity index (χ3n) is 6.77. The summed E-state index contributed by atoms with van der Waals surface area (Å²) in [5.41, 5.74) is 2.70. The zero-order valence-corrected chi connectivity index (χ0v) is 20.9. The maximum atomic E-state index is 13.5. The van der Waals surface area contributed by atoms with E-state index in [-0.39, 0.29) is 17.2 Å². The first-order chi connectivity index (χ1) is 15.1. The van der Waals surface area contributed by atoms with Crippen LogP contribution in [0.15, 0.2) is 18.2 Å². The molecule has 0 spiro atoms. The Morgan fingerprint density at radius 1 is 1.06 bits per heavy atom. The molecule has 2 heterocycles. The first-order valence-electron chi connectivity index (χ1n) is 12.6. The lowest BCUT2D eigenvalue weighted by Gasteiger charge is -2.35. The molecule has 2 aliphatic rings. The Labute approximate surface area is 194 Å². The van der Waals surface area contributed by atoms with Crippen molar-refractivity contribution in [3.8, 4) is 0 Å². The van der Waals surface area contributed by atoms with Crippen molar-refractivity contribution in [3.05, 3.63) is 23.8 Å². The normalized spacial score (nSPS) is 19.0. The van der Waals surface area contributed by atoms with Gasteiger partial charge in [0.25, 0.3) is 5.91 Å². The largest absolute Gasteiger partial charge is 0.371 e. The molecule has 0 aromatic heterocycles. The molecule has 1 atom stereocenters. The summed E-state index contributed by atoms with van der Waals surface area (Å²) in [6.45, 7) is 14.7. The van der Waals surface area contributed by atoms with Gasteiger partial charge >= 0.3 is 0 Å². The first kappa shape index (κ1) is 24.6. The lowest BCUT2D eigenvalue weighted by atomic mass is 9.84. The van der Waals surface area contributed by atoms with E-state index >= 15 is 0 Å². The van der Waals surface area contributed by atoms with E-state index < -0.39 is 0 Å². The molecule has 0 unspecified atom stereocenters. The number of nitrogens with zero attached hydrogens (tertiary/aromatic N) is 2. The number of amides is 2. The number of hydrogen-bond acceptors (Lipinski definition) is 3. The third-order valence-corrected chi connectivity index (χ3v) is 6.77. The highest BCUT2D eigenvalue weighted by atomic mass is 16.2. The van der Waals surface area contributed by atoms with E-state index in [2.05, 4.69) is 44.8 Å². The second-order valence-corrected chi connectivity index (χ2v) is 11.4. The quantitative estimate of drug-likeness (QED) is 0.593. The van der Waals surface area contributed by atoms with E-state index in [1.165, 1.54) is 6.42 Å². The molecule has 0 radical (unpaired) electrons. The Morgan fingerprint density at radius 3 is 2.34 bits per heavy atom. The molecule has 178 valence electrons. The van der Waals surface area contributed by atoms with Gasteiger partial charge in [0, 0.05) is 44.0 Å². The molecule has 1 aromatic carbocycles. The molecule has 1 aromatic rings. The fourth-order valence-corrected chi connectivity index (χ4v) is 5.22. The second kappa shape index (κ2) is 10.7. The molecule has 0 bridgehead atoms. The van der Waals surface area contributed by atoms with Crippen molar-refractivity contribution in [2.45, 2.75) is 79.6 Å². The van der Waals surface area contributed by atoms with E-state index in [1.54, 1.807) is 0 Å². The summed E-state index contributed by atoms with van der Waals surface area (Å²) in [5, 5.41) is 3.07. The number of carbonyl (C=O) groups is 2. The van der Waals surface area contributed by atoms with Crippen LogP contribution in [0, 0.1) is 17.3 Å². The number of carbonyl (C=O) groups excluding carboxylic acids is 2. The van der Waals surface area contributed by atoms with Gasteiger partial charge in [-0.05, 0) is 74.0 Å². The SMILES string of the molecule is CC1CCN(c2ccc(NC(=O)C[C@H](C)CC(C)(C)C)cc2C(=O)N2CCCCC2)CC1. The van der Waals surface area contributed by atoms with Crippen molar-refractivity contribution < 1.29 is 9.59 Å². The Balaban J connectivity index is 1.77. The Kier molecular flexibility index (Phi) is 8.24. The van der Waals surface area contributed by atoms with Crippen LogP contribution in [-0.4, -0.2) is 42.9 Å². The summed E-state index contributed by atoms with van der Waals surface area (Å²) in [7, 11) is 0. The Hall–Kier alpha value is -2.04. The van der Waals surface area contributed by atoms with E-state index in [0.717, 1.165) is 81.1 Å². The summed E-state index contributed by atoms with van der Waals surface area (Å²) in [6.07, 6.45) is 7.16. The highest BCUT2D eigenvalue weighted by Gasteiger charge is 2.26. The van der Waals surface area contributed by atoms with Crippen LogP contribution in [0.25, 0.3) is 0 Å². The van der Waals surface area contributed by atoms with E-state index in [1.807, 2.05) is 23.1 Å². The second-order valence-electron chi connectivity index (χ2n) is 11.4. The number of rotatable bonds is 6. The number of piperidine rings is 2. The van der Waals surface area contributed by atoms with Crippen LogP contribution in [-0.2, 0) is 4.79 Å². The standard InChI is InChI=1S/C27H43N3O2/c1-20-11-15-29(16-12-20)24-10-9-22(28-25(31)17-21(2)19-27(3,4)5)18-23(24)26(32)30-13-7-6-8-14-30/h9-10,18,20-21H,6-8,11-17,19H2,1-5H3,(H,28,31)/t21-/m0/s1. The molecule has 32 heavy (non-hydrogen) atoms. The van der Waals surface area contributed by atoms with Crippen molar-refractivity contribution in [2.75, 3.05) is 36.4 Å². The summed E-state index contributed by atoms with van der Waals surface area (Å²) < 4.78 is 0. The van der Waals surface area contributed by atoms with E-state index in [9.17, 15) is 9.59 Å². The minimum atomic E-state index is 0.0256. The maximum absolute atomic E-state index is 13.5. The number of anilines is 2. The predicted molar refractivity (Wildman–Crippen MR) is 133 cm³/mol. The molecular formula is C27H43N3O2. The predicted octanol–water partition coefficient (Wildman–Crippen LogP) is 5.95. The van der Waals surface area contributed by atoms with E-state index in [0.29, 0.717) is 12.3 Å². The summed E-state index contributed by atoms with van der Waals surface area (Å²) in [6, 6.07) is 5.92. The zero-order valence-electron chi connectivity index (χ0n) is 20.9. The van der Waals surface area contributed by atoms with Crippen molar-refractivity contribution in [2.24, 2.45) is 17.3 Å². The first-order valence-corrected chi connectivity index (χ1v) is 12.6. The van der Waals surface area contributed by atoms with Crippen molar-refractivity contribution >= 4 is 23.2 Å². The molecule has 5 nitrogen and oxygen atoms in total. The van der Waals surface area contributed by atoms with Gasteiger partial charge in [0.05, 0.1) is 5.56 Å². The average molecular weight is 442 g/mol. The van der Waals surface area contributed by atoms with Gasteiger partial charge in [-0.1, -0.05) is 34.6 Å². The lowest BCUT2D eigenvalue weighted by molar-refractivity contribution is -0.117. The van der Waals surface area contributed by atoms with Crippen molar-refractivity contribution in [1.82, 2.24) is 4.90 Å². The number of likely N-dealkylation sites (tertiary alicyclic amines) is 1. The lowest BCUT2D eigenvalue weighted by Crippen LogP contribution is -2.38. The Morgan fingerprint density at radius 2 is 1.72 bits per heavy atom. The van der Waals surface area contributed by atoms with Crippen LogP contribution in [0.1, 0.15) is 89.9 Å². The van der Waals surface area contributed by atoms with Gasteiger partial charge in [0.15, 0.2) is 0 Å². The highest BCUT2D eigenvalue weighted by Crippen LogP contribution is 2.31. The highest BCUT2D eigenvalue weighted by molar-refractivity contribution is 6.02. The third kappa shape index (κ3) is 6.98. The summed E-state index contributed by atoms with van der Waals surface area (Å²) >= 11 is 0. The molecule has 1 N–H and O–H groups in total. The summed E-state index contributed by atoms with van der Waals surface area (Å²) in [4.78, 5) is 30.5. The monoisotopic (exact) mass is 441 g/mol. The number of hydrogen-bond donors (Lipinski definition) is 1. The van der Waals surface area contributed by atoms with Crippen LogP contribution in [0.2, 0.25) is 0 Å².